The van der Waals surface area contributed by atoms with Crippen LogP contribution in [0, 0.1) is 6.92 Å². The third kappa shape index (κ3) is 6.02. The molecule has 0 saturated carbocycles. The van der Waals surface area contributed by atoms with Crippen molar-refractivity contribution in [3.63, 3.8) is 0 Å². The van der Waals surface area contributed by atoms with Gasteiger partial charge in [0.1, 0.15) is 11.6 Å². The van der Waals surface area contributed by atoms with E-state index < -0.39 is 11.9 Å². The molecule has 8 nitrogen and oxygen atoms in total. The molecule has 4 N–H and O–H groups in total. The summed E-state index contributed by atoms with van der Waals surface area (Å²) in [5.41, 5.74) is 6.01. The second-order valence-electron chi connectivity index (χ2n) is 6.64. The van der Waals surface area contributed by atoms with E-state index in [1.807, 2.05) is 0 Å². The number of methoxy groups -OCH3 is 1. The van der Waals surface area contributed by atoms with E-state index >= 15 is 0 Å². The number of likely N-dealkylation sites (tertiary alicyclic amines) is 1. The molecule has 0 atom stereocenters. The van der Waals surface area contributed by atoms with Crippen molar-refractivity contribution in [2.45, 2.75) is 32.6 Å². The molecule has 0 aromatic carbocycles. The lowest BCUT2D eigenvalue weighted by Crippen LogP contribution is -3.12. The Labute approximate surface area is 163 Å². The predicted octanol–water partition coefficient (Wildman–Crippen LogP) is 0.356. The number of primary amides is 1. The fourth-order valence-electron chi connectivity index (χ4n) is 3.18. The number of esters is 1. The van der Waals surface area contributed by atoms with E-state index in [9.17, 15) is 14.4 Å². The van der Waals surface area contributed by atoms with Gasteiger partial charge in [-0.05, 0) is 38.2 Å². The molecule has 0 aliphatic carbocycles. The molecule has 2 amide bonds. The van der Waals surface area contributed by atoms with Crippen molar-refractivity contribution in [3.8, 4) is 0 Å². The molecule has 0 bridgehead atoms. The first-order valence-electron chi connectivity index (χ1n) is 9.16. The van der Waals surface area contributed by atoms with Crippen LogP contribution in [0.25, 0.3) is 0 Å². The second-order valence-corrected chi connectivity index (χ2v) is 7.66. The number of ether oxygens (including phenoxy) is 2. The molecule has 1 aromatic heterocycles. The average Bonchev–Trinajstić information content (AvgIpc) is 2.77. The third-order valence-corrected chi connectivity index (χ3v) is 5.79. The fraction of sp³-hybridized carbons (Fsp3) is 0.611. The van der Waals surface area contributed by atoms with Crippen molar-refractivity contribution in [2.75, 3.05) is 45.3 Å². The standard InChI is InChI=1S/C18H27N3O5S/c1-12-14(18(24)26-10-9-25-2)17(27-15(12)16(19)23)20-13(22)11-21-7-5-3-4-6-8-21/h3-11H2,1-2H3,(H2,19,23)(H,20,22)/p+1. The molecule has 1 aliphatic rings. The van der Waals surface area contributed by atoms with Gasteiger partial charge >= 0.3 is 5.97 Å². The van der Waals surface area contributed by atoms with Gasteiger partial charge in [-0.15, -0.1) is 11.3 Å². The lowest BCUT2D eigenvalue weighted by atomic mass is 10.1. The predicted molar refractivity (Wildman–Crippen MR) is 102 cm³/mol. The maximum Gasteiger partial charge on any atom is 0.341 e. The number of nitrogens with one attached hydrogen (secondary N) is 2. The van der Waals surface area contributed by atoms with Crippen LogP contribution in [0.4, 0.5) is 5.00 Å². The molecule has 1 fully saturated rings. The zero-order chi connectivity index (χ0) is 19.8. The minimum Gasteiger partial charge on any atom is -0.460 e. The van der Waals surface area contributed by atoms with Crippen molar-refractivity contribution in [3.05, 3.63) is 16.0 Å². The van der Waals surface area contributed by atoms with E-state index in [2.05, 4.69) is 5.32 Å². The molecule has 1 aromatic rings. The third-order valence-electron chi connectivity index (χ3n) is 4.57. The molecule has 0 spiro atoms. The molecule has 27 heavy (non-hydrogen) atoms. The molecule has 150 valence electrons. The van der Waals surface area contributed by atoms with Crippen LogP contribution in [-0.2, 0) is 14.3 Å². The van der Waals surface area contributed by atoms with Gasteiger partial charge in [0.25, 0.3) is 11.8 Å². The Bertz CT molecular complexity index is 681. The van der Waals surface area contributed by atoms with Crippen LogP contribution in [0.15, 0.2) is 0 Å². The van der Waals surface area contributed by atoms with Crippen molar-refractivity contribution in [2.24, 2.45) is 5.73 Å². The normalized spacial score (nSPS) is 15.2. The van der Waals surface area contributed by atoms with E-state index in [0.29, 0.717) is 17.1 Å². The van der Waals surface area contributed by atoms with Crippen molar-refractivity contribution in [1.29, 1.82) is 0 Å². The quantitative estimate of drug-likeness (QED) is 0.432. The van der Waals surface area contributed by atoms with Gasteiger partial charge in [0.05, 0.1) is 30.1 Å². The highest BCUT2D eigenvalue weighted by atomic mass is 32.1. The number of carbonyl (C=O) groups excluding carboxylic acids is 3. The van der Waals surface area contributed by atoms with Gasteiger partial charge in [0.15, 0.2) is 6.54 Å². The first-order valence-corrected chi connectivity index (χ1v) is 9.98. The lowest BCUT2D eigenvalue weighted by molar-refractivity contribution is -0.890. The number of hydrogen-bond acceptors (Lipinski definition) is 6. The van der Waals surface area contributed by atoms with Crippen LogP contribution in [-0.4, -0.2) is 57.7 Å². The molecule has 2 rings (SSSR count). The van der Waals surface area contributed by atoms with Crippen LogP contribution >= 0.6 is 11.3 Å². The number of hydrogen-bond donors (Lipinski definition) is 3. The highest BCUT2D eigenvalue weighted by Crippen LogP contribution is 2.33. The van der Waals surface area contributed by atoms with E-state index in [4.69, 9.17) is 15.2 Å². The van der Waals surface area contributed by atoms with Crippen LogP contribution in [0.3, 0.4) is 0 Å². The number of amides is 2. The second kappa shape index (κ2) is 10.4. The topological polar surface area (TPSA) is 112 Å². The average molecular weight is 399 g/mol. The zero-order valence-corrected chi connectivity index (χ0v) is 16.7. The van der Waals surface area contributed by atoms with Gasteiger partial charge in [0, 0.05) is 7.11 Å². The van der Waals surface area contributed by atoms with Crippen LogP contribution in [0.5, 0.6) is 0 Å². The molecule has 1 aliphatic heterocycles. The summed E-state index contributed by atoms with van der Waals surface area (Å²) in [6, 6.07) is 0. The summed E-state index contributed by atoms with van der Waals surface area (Å²) in [4.78, 5) is 38.1. The number of quaternary nitrogens is 1. The molecule has 2 heterocycles. The Morgan fingerprint density at radius 1 is 1.15 bits per heavy atom. The maximum absolute atomic E-state index is 12.5. The largest absolute Gasteiger partial charge is 0.460 e. The zero-order valence-electron chi connectivity index (χ0n) is 15.9. The monoisotopic (exact) mass is 398 g/mol. The summed E-state index contributed by atoms with van der Waals surface area (Å²) in [6.07, 6.45) is 4.64. The maximum atomic E-state index is 12.5. The van der Waals surface area contributed by atoms with Gasteiger partial charge in [-0.1, -0.05) is 0 Å². The molecular formula is C18H28N3O5S+. The first-order chi connectivity index (χ1) is 12.9. The Kier molecular flexibility index (Phi) is 8.21. The minimum atomic E-state index is -0.637. The van der Waals surface area contributed by atoms with Gasteiger partial charge < -0.3 is 25.4 Å². The number of carbonyl (C=O) groups is 3. The SMILES string of the molecule is COCCOC(=O)c1c(NC(=O)C[NH+]2CCCCCC2)sc(C(N)=O)c1C. The summed E-state index contributed by atoms with van der Waals surface area (Å²) >= 11 is 1.01. The minimum absolute atomic E-state index is 0.0852. The first kappa shape index (κ1) is 21.3. The van der Waals surface area contributed by atoms with Crippen LogP contribution in [0.2, 0.25) is 0 Å². The van der Waals surface area contributed by atoms with Crippen molar-refractivity contribution < 1.29 is 28.8 Å². The highest BCUT2D eigenvalue weighted by molar-refractivity contribution is 7.18. The van der Waals surface area contributed by atoms with Crippen LogP contribution < -0.4 is 16.0 Å². The Morgan fingerprint density at radius 3 is 2.41 bits per heavy atom. The lowest BCUT2D eigenvalue weighted by Gasteiger charge is -2.16. The summed E-state index contributed by atoms with van der Waals surface area (Å²) in [5, 5.41) is 3.09. The highest BCUT2D eigenvalue weighted by Gasteiger charge is 2.27. The Balaban J connectivity index is 2.13. The summed E-state index contributed by atoms with van der Waals surface area (Å²) < 4.78 is 10.0. The fourth-order valence-corrected chi connectivity index (χ4v) is 4.24. The smallest absolute Gasteiger partial charge is 0.341 e. The summed E-state index contributed by atoms with van der Waals surface area (Å²) in [7, 11) is 1.51. The van der Waals surface area contributed by atoms with Gasteiger partial charge in [-0.25, -0.2) is 4.79 Å². The Hall–Kier alpha value is -1.97. The Morgan fingerprint density at radius 2 is 1.81 bits per heavy atom. The van der Waals surface area contributed by atoms with E-state index in [-0.39, 0.29) is 29.6 Å². The van der Waals surface area contributed by atoms with Crippen LogP contribution in [0.1, 0.15) is 51.3 Å². The van der Waals surface area contributed by atoms with Crippen molar-refractivity contribution in [1.82, 2.24) is 0 Å². The van der Waals surface area contributed by atoms with E-state index in [1.54, 1.807) is 6.92 Å². The molecule has 0 radical (unpaired) electrons. The number of anilines is 1. The van der Waals surface area contributed by atoms with Gasteiger partial charge in [0.2, 0.25) is 0 Å². The summed E-state index contributed by atoms with van der Waals surface area (Å²) in [5.74, 6) is -1.43. The number of nitrogens with two attached hydrogens (primary N) is 1. The number of thiophene rings is 1. The molecule has 1 saturated heterocycles. The molecular weight excluding hydrogens is 370 g/mol. The van der Waals surface area contributed by atoms with Gasteiger partial charge in [-0.2, -0.15) is 0 Å². The van der Waals surface area contributed by atoms with Crippen molar-refractivity contribution >= 4 is 34.1 Å². The summed E-state index contributed by atoms with van der Waals surface area (Å²) in [6.45, 7) is 4.24. The molecule has 9 heteroatoms. The molecule has 0 unspecified atom stereocenters. The van der Waals surface area contributed by atoms with E-state index in [0.717, 1.165) is 37.3 Å². The van der Waals surface area contributed by atoms with E-state index in [1.165, 1.54) is 24.9 Å². The number of rotatable bonds is 8. The van der Waals surface area contributed by atoms with Gasteiger partial charge in [-0.3, -0.25) is 9.59 Å².